The fourth-order valence-electron chi connectivity index (χ4n) is 1.85. The van der Waals surface area contributed by atoms with E-state index in [-0.39, 0.29) is 12.6 Å². The van der Waals surface area contributed by atoms with Crippen LogP contribution in [0.25, 0.3) is 0 Å². The van der Waals surface area contributed by atoms with Crippen LogP contribution in [0.3, 0.4) is 0 Å². The molecular weight excluding hydrogens is 202 g/mol. The molecule has 3 nitrogen and oxygen atoms in total. The molecular formula is C10H20F2N2O. The number of nitrogens with one attached hydrogen (secondary N) is 1. The van der Waals surface area contributed by atoms with Crippen LogP contribution in [0.4, 0.5) is 8.78 Å². The Kier molecular flexibility index (Phi) is 5.42. The number of likely N-dealkylation sites (tertiary alicyclic amines) is 1. The summed E-state index contributed by atoms with van der Waals surface area (Å²) in [6, 6.07) is 0.369. The molecule has 1 saturated heterocycles. The Morgan fingerprint density at radius 3 is 2.47 bits per heavy atom. The Balaban J connectivity index is 2.12. The van der Waals surface area contributed by atoms with Crippen LogP contribution < -0.4 is 5.32 Å². The predicted molar refractivity (Wildman–Crippen MR) is 55.1 cm³/mol. The SMILES string of the molecule is C[C@H](O)CNC1CCN(CC(F)F)CC1. The monoisotopic (exact) mass is 222 g/mol. The van der Waals surface area contributed by atoms with Crippen molar-refractivity contribution >= 4 is 0 Å². The average Bonchev–Trinajstić information content (AvgIpc) is 2.16. The second kappa shape index (κ2) is 6.35. The van der Waals surface area contributed by atoms with Gasteiger partial charge in [0.25, 0.3) is 6.43 Å². The van der Waals surface area contributed by atoms with Crippen LogP contribution in [-0.2, 0) is 0 Å². The van der Waals surface area contributed by atoms with Crippen molar-refractivity contribution in [3.05, 3.63) is 0 Å². The summed E-state index contributed by atoms with van der Waals surface area (Å²) in [4.78, 5) is 1.80. The molecule has 5 heteroatoms. The van der Waals surface area contributed by atoms with E-state index in [1.165, 1.54) is 0 Å². The summed E-state index contributed by atoms with van der Waals surface area (Å²) in [6.07, 6.45) is -0.796. The molecule has 1 fully saturated rings. The number of hydrogen-bond donors (Lipinski definition) is 2. The minimum atomic E-state index is -2.23. The average molecular weight is 222 g/mol. The van der Waals surface area contributed by atoms with Crippen molar-refractivity contribution < 1.29 is 13.9 Å². The lowest BCUT2D eigenvalue weighted by Crippen LogP contribution is -2.45. The molecule has 1 aliphatic heterocycles. The van der Waals surface area contributed by atoms with Crippen molar-refractivity contribution in [2.24, 2.45) is 0 Å². The van der Waals surface area contributed by atoms with Crippen LogP contribution in [0, 0.1) is 0 Å². The van der Waals surface area contributed by atoms with Gasteiger partial charge in [0, 0.05) is 12.6 Å². The van der Waals surface area contributed by atoms with Crippen molar-refractivity contribution in [1.82, 2.24) is 10.2 Å². The van der Waals surface area contributed by atoms with E-state index in [1.54, 1.807) is 11.8 Å². The molecule has 1 rings (SSSR count). The fraction of sp³-hybridized carbons (Fsp3) is 1.00. The summed E-state index contributed by atoms with van der Waals surface area (Å²) >= 11 is 0. The van der Waals surface area contributed by atoms with E-state index in [4.69, 9.17) is 5.11 Å². The maximum absolute atomic E-state index is 12.1. The molecule has 0 amide bonds. The van der Waals surface area contributed by atoms with Crippen LogP contribution in [0.5, 0.6) is 0 Å². The number of nitrogens with zero attached hydrogens (tertiary/aromatic N) is 1. The second-order valence-electron chi connectivity index (χ2n) is 4.22. The van der Waals surface area contributed by atoms with E-state index < -0.39 is 6.43 Å². The van der Waals surface area contributed by atoms with Crippen LogP contribution >= 0.6 is 0 Å². The lowest BCUT2D eigenvalue weighted by molar-refractivity contribution is 0.0717. The summed E-state index contributed by atoms with van der Waals surface area (Å²) in [5.41, 5.74) is 0. The third-order valence-corrected chi connectivity index (χ3v) is 2.69. The summed E-state index contributed by atoms with van der Waals surface area (Å²) in [5.74, 6) is 0. The fourth-order valence-corrected chi connectivity index (χ4v) is 1.85. The number of aliphatic hydroxyl groups is 1. The van der Waals surface area contributed by atoms with E-state index in [2.05, 4.69) is 5.32 Å². The van der Waals surface area contributed by atoms with E-state index in [9.17, 15) is 8.78 Å². The van der Waals surface area contributed by atoms with Crippen molar-refractivity contribution in [1.29, 1.82) is 0 Å². The first-order valence-electron chi connectivity index (χ1n) is 5.50. The van der Waals surface area contributed by atoms with Crippen LogP contribution in [0.1, 0.15) is 19.8 Å². The van der Waals surface area contributed by atoms with E-state index in [0.717, 1.165) is 25.9 Å². The number of piperidine rings is 1. The molecule has 0 spiro atoms. The van der Waals surface area contributed by atoms with Gasteiger partial charge in [0.05, 0.1) is 12.6 Å². The van der Waals surface area contributed by atoms with Gasteiger partial charge in [-0.3, -0.25) is 4.90 Å². The van der Waals surface area contributed by atoms with E-state index in [1.807, 2.05) is 0 Å². The molecule has 90 valence electrons. The topological polar surface area (TPSA) is 35.5 Å². The first-order chi connectivity index (χ1) is 7.08. The molecule has 0 saturated carbocycles. The van der Waals surface area contributed by atoms with Crippen molar-refractivity contribution in [2.75, 3.05) is 26.2 Å². The van der Waals surface area contributed by atoms with Crippen molar-refractivity contribution in [3.63, 3.8) is 0 Å². The molecule has 0 radical (unpaired) electrons. The van der Waals surface area contributed by atoms with Gasteiger partial charge in [-0.1, -0.05) is 0 Å². The highest BCUT2D eigenvalue weighted by Gasteiger charge is 2.20. The molecule has 2 N–H and O–H groups in total. The highest BCUT2D eigenvalue weighted by molar-refractivity contribution is 4.77. The molecule has 1 atom stereocenters. The Labute approximate surface area is 89.5 Å². The molecule has 1 heterocycles. The highest BCUT2D eigenvalue weighted by atomic mass is 19.3. The van der Waals surface area contributed by atoms with Gasteiger partial charge in [-0.2, -0.15) is 0 Å². The summed E-state index contributed by atoms with van der Waals surface area (Å²) < 4.78 is 24.2. The Hall–Kier alpha value is -0.260. The number of rotatable bonds is 5. The van der Waals surface area contributed by atoms with Crippen LogP contribution in [0.2, 0.25) is 0 Å². The van der Waals surface area contributed by atoms with Gasteiger partial charge < -0.3 is 10.4 Å². The van der Waals surface area contributed by atoms with Gasteiger partial charge in [-0.15, -0.1) is 0 Å². The van der Waals surface area contributed by atoms with Gasteiger partial charge in [0.15, 0.2) is 0 Å². The molecule has 0 aromatic heterocycles. The minimum Gasteiger partial charge on any atom is -0.392 e. The third-order valence-electron chi connectivity index (χ3n) is 2.69. The Bertz CT molecular complexity index is 171. The number of halogens is 2. The van der Waals surface area contributed by atoms with Gasteiger partial charge in [0.1, 0.15) is 0 Å². The molecule has 1 aliphatic rings. The molecule has 0 aromatic rings. The zero-order valence-electron chi connectivity index (χ0n) is 9.13. The van der Waals surface area contributed by atoms with Crippen LogP contribution in [0.15, 0.2) is 0 Å². The molecule has 0 aliphatic carbocycles. The lowest BCUT2D eigenvalue weighted by atomic mass is 10.0. The quantitative estimate of drug-likeness (QED) is 0.718. The molecule has 15 heavy (non-hydrogen) atoms. The largest absolute Gasteiger partial charge is 0.392 e. The van der Waals surface area contributed by atoms with Gasteiger partial charge in [-0.25, -0.2) is 8.78 Å². The zero-order chi connectivity index (χ0) is 11.3. The standard InChI is InChI=1S/C10H20F2N2O/c1-8(15)6-13-9-2-4-14(5-3-9)7-10(11)12/h8-10,13,15H,2-7H2,1H3/t8-/m0/s1. The normalized spacial score (nSPS) is 22.2. The third kappa shape index (κ3) is 5.39. The zero-order valence-corrected chi connectivity index (χ0v) is 9.13. The number of aliphatic hydroxyl groups excluding tert-OH is 1. The number of alkyl halides is 2. The maximum Gasteiger partial charge on any atom is 0.251 e. The van der Waals surface area contributed by atoms with Gasteiger partial charge >= 0.3 is 0 Å². The summed E-state index contributed by atoms with van der Waals surface area (Å²) in [5, 5.41) is 12.3. The van der Waals surface area contributed by atoms with E-state index >= 15 is 0 Å². The summed E-state index contributed by atoms with van der Waals surface area (Å²) in [6.45, 7) is 3.66. The summed E-state index contributed by atoms with van der Waals surface area (Å²) in [7, 11) is 0. The van der Waals surface area contributed by atoms with Crippen molar-refractivity contribution in [2.45, 2.75) is 38.3 Å². The molecule has 0 aromatic carbocycles. The number of hydrogen-bond acceptors (Lipinski definition) is 3. The molecule has 0 unspecified atom stereocenters. The van der Waals surface area contributed by atoms with Gasteiger partial charge in [0.2, 0.25) is 0 Å². The van der Waals surface area contributed by atoms with Gasteiger partial charge in [-0.05, 0) is 32.9 Å². The Morgan fingerprint density at radius 2 is 2.00 bits per heavy atom. The first-order valence-corrected chi connectivity index (χ1v) is 5.50. The van der Waals surface area contributed by atoms with Crippen molar-refractivity contribution in [3.8, 4) is 0 Å². The minimum absolute atomic E-state index is 0.108. The first kappa shape index (κ1) is 12.8. The highest BCUT2D eigenvalue weighted by Crippen LogP contribution is 2.11. The smallest absolute Gasteiger partial charge is 0.251 e. The lowest BCUT2D eigenvalue weighted by Gasteiger charge is -2.32. The van der Waals surface area contributed by atoms with Crippen LogP contribution in [-0.4, -0.2) is 54.8 Å². The second-order valence-corrected chi connectivity index (χ2v) is 4.22. The molecule has 0 bridgehead atoms. The maximum atomic E-state index is 12.1. The Morgan fingerprint density at radius 1 is 1.40 bits per heavy atom. The predicted octanol–water partition coefficient (Wildman–Crippen LogP) is 0.686. The van der Waals surface area contributed by atoms with E-state index in [0.29, 0.717) is 12.6 Å².